The topological polar surface area (TPSA) is 101 Å². The van der Waals surface area contributed by atoms with E-state index in [1.165, 1.54) is 16.2 Å². The standard InChI is InChI=1S/C23H22N4O4S/c1-2-31-19-10-6-3-7-15(19)17-14-32-23(25-17)26-20(28)11-12-22(30)27-13-21(29)24-16-8-4-5-9-18(16)27/h3-10,14H,2,11-13H2,1H3,(H,24,29)(H,25,26,28). The van der Waals surface area contributed by atoms with Gasteiger partial charge in [0.25, 0.3) is 0 Å². The molecule has 4 rings (SSSR count). The van der Waals surface area contributed by atoms with Gasteiger partial charge >= 0.3 is 0 Å². The molecule has 0 fully saturated rings. The molecule has 32 heavy (non-hydrogen) atoms. The first-order chi connectivity index (χ1) is 15.5. The van der Waals surface area contributed by atoms with E-state index in [-0.39, 0.29) is 37.1 Å². The Morgan fingerprint density at radius 1 is 1.16 bits per heavy atom. The third-order valence-corrected chi connectivity index (χ3v) is 5.61. The van der Waals surface area contributed by atoms with Crippen LogP contribution >= 0.6 is 11.3 Å². The number of carbonyl (C=O) groups excluding carboxylic acids is 3. The fourth-order valence-electron chi connectivity index (χ4n) is 3.41. The summed E-state index contributed by atoms with van der Waals surface area (Å²) >= 11 is 1.31. The molecule has 8 nitrogen and oxygen atoms in total. The van der Waals surface area contributed by atoms with Crippen LogP contribution in [0.25, 0.3) is 11.3 Å². The molecule has 0 atom stereocenters. The highest BCUT2D eigenvalue weighted by Crippen LogP contribution is 2.32. The molecule has 3 amide bonds. The number of nitrogens with one attached hydrogen (secondary N) is 2. The van der Waals surface area contributed by atoms with Crippen molar-refractivity contribution in [3.63, 3.8) is 0 Å². The van der Waals surface area contributed by atoms with E-state index < -0.39 is 0 Å². The minimum atomic E-state index is -0.313. The van der Waals surface area contributed by atoms with Crippen molar-refractivity contribution in [2.75, 3.05) is 28.7 Å². The number of anilines is 3. The monoisotopic (exact) mass is 450 g/mol. The number of carbonyl (C=O) groups is 3. The van der Waals surface area contributed by atoms with Crippen LogP contribution in [-0.2, 0) is 14.4 Å². The molecule has 164 valence electrons. The van der Waals surface area contributed by atoms with Gasteiger partial charge in [-0.2, -0.15) is 0 Å². The highest BCUT2D eigenvalue weighted by Gasteiger charge is 2.26. The molecule has 9 heteroatoms. The third-order valence-electron chi connectivity index (χ3n) is 4.85. The first kappa shape index (κ1) is 21.5. The van der Waals surface area contributed by atoms with Gasteiger partial charge in [0.2, 0.25) is 17.7 Å². The molecule has 1 aromatic heterocycles. The third kappa shape index (κ3) is 4.78. The molecular formula is C23H22N4O4S. The molecule has 0 bridgehead atoms. The highest BCUT2D eigenvalue weighted by atomic mass is 32.1. The number of aromatic nitrogens is 1. The van der Waals surface area contributed by atoms with E-state index in [1.807, 2.05) is 36.6 Å². The Balaban J connectivity index is 1.36. The number of hydrogen-bond donors (Lipinski definition) is 2. The van der Waals surface area contributed by atoms with Crippen molar-refractivity contribution in [3.05, 3.63) is 53.9 Å². The lowest BCUT2D eigenvalue weighted by atomic mass is 10.1. The predicted octanol–water partition coefficient (Wildman–Crippen LogP) is 3.91. The van der Waals surface area contributed by atoms with Crippen LogP contribution in [0, 0.1) is 0 Å². The average Bonchev–Trinajstić information content (AvgIpc) is 3.25. The van der Waals surface area contributed by atoms with E-state index >= 15 is 0 Å². The minimum absolute atomic E-state index is 0.0104. The molecule has 2 heterocycles. The number of rotatable bonds is 7. The Morgan fingerprint density at radius 3 is 2.78 bits per heavy atom. The smallest absolute Gasteiger partial charge is 0.244 e. The Kier molecular flexibility index (Phi) is 6.46. The van der Waals surface area contributed by atoms with E-state index in [0.717, 1.165) is 11.3 Å². The SMILES string of the molecule is CCOc1ccccc1-c1csc(NC(=O)CCC(=O)N2CC(=O)Nc3ccccc32)n1. The zero-order valence-electron chi connectivity index (χ0n) is 17.5. The van der Waals surface area contributed by atoms with Crippen LogP contribution in [0.4, 0.5) is 16.5 Å². The summed E-state index contributed by atoms with van der Waals surface area (Å²) in [6, 6.07) is 14.7. The van der Waals surface area contributed by atoms with Crippen LogP contribution in [0.5, 0.6) is 5.75 Å². The van der Waals surface area contributed by atoms with Crippen molar-refractivity contribution in [2.24, 2.45) is 0 Å². The van der Waals surface area contributed by atoms with Gasteiger partial charge in [-0.25, -0.2) is 4.98 Å². The van der Waals surface area contributed by atoms with E-state index in [0.29, 0.717) is 28.8 Å². The molecule has 0 unspecified atom stereocenters. The predicted molar refractivity (Wildman–Crippen MR) is 124 cm³/mol. The lowest BCUT2D eigenvalue weighted by Gasteiger charge is -2.29. The van der Waals surface area contributed by atoms with Gasteiger partial charge in [-0.1, -0.05) is 24.3 Å². The molecule has 0 radical (unpaired) electrons. The molecule has 1 aliphatic heterocycles. The van der Waals surface area contributed by atoms with Gasteiger partial charge in [0, 0.05) is 23.8 Å². The van der Waals surface area contributed by atoms with Crippen molar-refractivity contribution < 1.29 is 19.1 Å². The summed E-state index contributed by atoms with van der Waals surface area (Å²) in [6.07, 6.45) is -0.0254. The zero-order valence-corrected chi connectivity index (χ0v) is 18.3. The van der Waals surface area contributed by atoms with Gasteiger partial charge < -0.3 is 20.3 Å². The van der Waals surface area contributed by atoms with Gasteiger partial charge in [-0.05, 0) is 31.2 Å². The summed E-state index contributed by atoms with van der Waals surface area (Å²) in [5, 5.41) is 7.79. The molecule has 2 aromatic carbocycles. The van der Waals surface area contributed by atoms with Crippen molar-refractivity contribution in [2.45, 2.75) is 19.8 Å². The average molecular weight is 451 g/mol. The lowest BCUT2D eigenvalue weighted by molar-refractivity contribution is -0.124. The van der Waals surface area contributed by atoms with Crippen molar-refractivity contribution in [1.29, 1.82) is 0 Å². The maximum atomic E-state index is 12.7. The molecule has 0 aliphatic carbocycles. The fraction of sp³-hybridized carbons (Fsp3) is 0.217. The van der Waals surface area contributed by atoms with Gasteiger partial charge in [0.1, 0.15) is 12.3 Å². The summed E-state index contributed by atoms with van der Waals surface area (Å²) in [6.45, 7) is 2.40. The van der Waals surface area contributed by atoms with E-state index in [9.17, 15) is 14.4 Å². The summed E-state index contributed by atoms with van der Waals surface area (Å²) in [5.41, 5.74) is 2.78. The second kappa shape index (κ2) is 9.61. The number of benzene rings is 2. The number of nitrogens with zero attached hydrogens (tertiary/aromatic N) is 2. The number of thiazole rings is 1. The number of ether oxygens (including phenoxy) is 1. The van der Waals surface area contributed by atoms with Gasteiger partial charge in [0.05, 0.1) is 23.7 Å². The highest BCUT2D eigenvalue weighted by molar-refractivity contribution is 7.14. The number of fused-ring (bicyclic) bond motifs is 1. The Bertz CT molecular complexity index is 1160. The quantitative estimate of drug-likeness (QED) is 0.568. The molecule has 0 spiro atoms. The minimum Gasteiger partial charge on any atom is -0.493 e. The second-order valence-corrected chi connectivity index (χ2v) is 7.92. The number of para-hydroxylation sites is 3. The molecular weight excluding hydrogens is 428 g/mol. The molecule has 0 saturated carbocycles. The van der Waals surface area contributed by atoms with Crippen LogP contribution in [0.3, 0.4) is 0 Å². The number of amides is 3. The lowest BCUT2D eigenvalue weighted by Crippen LogP contribution is -2.42. The molecule has 2 N–H and O–H groups in total. The van der Waals surface area contributed by atoms with Crippen LogP contribution < -0.4 is 20.3 Å². The van der Waals surface area contributed by atoms with Crippen LogP contribution in [0.15, 0.2) is 53.9 Å². The zero-order chi connectivity index (χ0) is 22.5. The summed E-state index contributed by atoms with van der Waals surface area (Å²) < 4.78 is 5.64. The fourth-order valence-corrected chi connectivity index (χ4v) is 4.13. The van der Waals surface area contributed by atoms with Gasteiger partial charge in [-0.15, -0.1) is 11.3 Å². The van der Waals surface area contributed by atoms with Gasteiger partial charge in [-0.3, -0.25) is 14.4 Å². The molecule has 1 aliphatic rings. The number of hydrogen-bond acceptors (Lipinski definition) is 6. The Labute approximate surface area is 189 Å². The summed E-state index contributed by atoms with van der Waals surface area (Å²) in [7, 11) is 0. The maximum absolute atomic E-state index is 12.7. The summed E-state index contributed by atoms with van der Waals surface area (Å²) in [4.78, 5) is 42.9. The first-order valence-electron chi connectivity index (χ1n) is 10.2. The van der Waals surface area contributed by atoms with Crippen molar-refractivity contribution in [1.82, 2.24) is 4.98 Å². The van der Waals surface area contributed by atoms with Crippen LogP contribution in [-0.4, -0.2) is 35.9 Å². The van der Waals surface area contributed by atoms with Crippen LogP contribution in [0.2, 0.25) is 0 Å². The van der Waals surface area contributed by atoms with Gasteiger partial charge in [0.15, 0.2) is 5.13 Å². The maximum Gasteiger partial charge on any atom is 0.244 e. The van der Waals surface area contributed by atoms with E-state index in [4.69, 9.17) is 4.74 Å². The van der Waals surface area contributed by atoms with E-state index in [2.05, 4.69) is 15.6 Å². The Morgan fingerprint density at radius 2 is 1.94 bits per heavy atom. The first-order valence-corrected chi connectivity index (χ1v) is 11.1. The molecule has 0 saturated heterocycles. The summed E-state index contributed by atoms with van der Waals surface area (Å²) in [5.74, 6) is -0.126. The van der Waals surface area contributed by atoms with E-state index in [1.54, 1.807) is 24.3 Å². The normalized spacial score (nSPS) is 12.7. The van der Waals surface area contributed by atoms with Crippen molar-refractivity contribution in [3.8, 4) is 17.0 Å². The molecule has 3 aromatic rings. The van der Waals surface area contributed by atoms with Crippen molar-refractivity contribution >= 4 is 45.6 Å². The second-order valence-electron chi connectivity index (χ2n) is 7.06. The largest absolute Gasteiger partial charge is 0.493 e. The van der Waals surface area contributed by atoms with Crippen LogP contribution in [0.1, 0.15) is 19.8 Å². The Hall–Kier alpha value is -3.72.